The highest BCUT2D eigenvalue weighted by atomic mass is 127. The first-order valence-corrected chi connectivity index (χ1v) is 11.2. The number of sulfonamides is 1. The summed E-state index contributed by atoms with van der Waals surface area (Å²) in [6.07, 6.45) is 2.04. The maximum absolute atomic E-state index is 13.6. The third-order valence-corrected chi connectivity index (χ3v) is 6.58. The van der Waals surface area contributed by atoms with Crippen LogP contribution in [0.1, 0.15) is 30.9 Å². The van der Waals surface area contributed by atoms with Crippen LogP contribution in [0.3, 0.4) is 0 Å². The van der Waals surface area contributed by atoms with Crippen molar-refractivity contribution in [2.75, 3.05) is 20.1 Å². The van der Waals surface area contributed by atoms with Gasteiger partial charge in [-0.1, -0.05) is 24.3 Å². The smallest absolute Gasteiger partial charge is 0.240 e. The molecule has 2 aromatic rings. The maximum atomic E-state index is 13.6. The molecular formula is C21H28FIN4O2S. The molecule has 2 aromatic carbocycles. The number of nitrogens with one attached hydrogen (secondary N) is 3. The van der Waals surface area contributed by atoms with Gasteiger partial charge in [0.15, 0.2) is 5.96 Å². The van der Waals surface area contributed by atoms with Gasteiger partial charge in [-0.15, -0.1) is 24.0 Å². The summed E-state index contributed by atoms with van der Waals surface area (Å²) in [4.78, 5) is 4.82. The lowest BCUT2D eigenvalue weighted by molar-refractivity contribution is 0.588. The molecule has 0 atom stereocenters. The quantitative estimate of drug-likeness (QED) is 0.270. The molecular weight excluding hydrogens is 518 g/mol. The highest BCUT2D eigenvalue weighted by Gasteiger charge is 2.44. The Morgan fingerprint density at radius 2 is 1.83 bits per heavy atom. The molecule has 0 bridgehead atoms. The number of rotatable bonds is 8. The second-order valence-corrected chi connectivity index (χ2v) is 9.08. The lowest BCUT2D eigenvalue weighted by atomic mass is 9.96. The average molecular weight is 546 g/mol. The summed E-state index contributed by atoms with van der Waals surface area (Å²) in [6.45, 7) is 3.82. The van der Waals surface area contributed by atoms with Crippen LogP contribution in [0.4, 0.5) is 4.39 Å². The first kappa shape index (κ1) is 24.5. The summed E-state index contributed by atoms with van der Waals surface area (Å²) in [5.41, 5.74) is 1.88. The van der Waals surface area contributed by atoms with E-state index in [0.717, 1.165) is 30.5 Å². The van der Waals surface area contributed by atoms with Crippen molar-refractivity contribution < 1.29 is 12.8 Å². The van der Waals surface area contributed by atoms with Crippen LogP contribution in [0.5, 0.6) is 0 Å². The lowest BCUT2D eigenvalue weighted by Crippen LogP contribution is -2.41. The van der Waals surface area contributed by atoms with E-state index >= 15 is 0 Å². The number of halogens is 2. The third kappa shape index (κ3) is 6.14. The summed E-state index contributed by atoms with van der Waals surface area (Å²) in [7, 11) is -2.05. The Kier molecular flexibility index (Phi) is 8.62. The molecule has 0 spiro atoms. The highest BCUT2D eigenvalue weighted by Crippen LogP contribution is 2.47. The van der Waals surface area contributed by atoms with Gasteiger partial charge in [-0.05, 0) is 62.2 Å². The molecule has 9 heteroatoms. The Bertz CT molecular complexity index is 977. The van der Waals surface area contributed by atoms with Crippen molar-refractivity contribution in [3.05, 3.63) is 65.5 Å². The lowest BCUT2D eigenvalue weighted by Gasteiger charge is -2.19. The minimum absolute atomic E-state index is 0. The van der Waals surface area contributed by atoms with Crippen LogP contribution in [0.25, 0.3) is 0 Å². The van der Waals surface area contributed by atoms with Gasteiger partial charge in [0.1, 0.15) is 5.82 Å². The third-order valence-electron chi connectivity index (χ3n) is 5.15. The normalized spacial score (nSPS) is 15.2. The summed E-state index contributed by atoms with van der Waals surface area (Å²) < 4.78 is 39.5. The van der Waals surface area contributed by atoms with Gasteiger partial charge in [-0.2, -0.15) is 0 Å². The number of benzene rings is 2. The number of hydrogen-bond acceptors (Lipinski definition) is 3. The molecule has 0 saturated heterocycles. The van der Waals surface area contributed by atoms with Crippen molar-refractivity contribution in [3.63, 3.8) is 0 Å². The number of hydrogen-bond donors (Lipinski definition) is 3. The molecule has 0 amide bonds. The van der Waals surface area contributed by atoms with Gasteiger partial charge in [-0.3, -0.25) is 0 Å². The molecule has 0 aliphatic heterocycles. The fraction of sp³-hybridized carbons (Fsp3) is 0.381. The van der Waals surface area contributed by atoms with Crippen LogP contribution < -0.4 is 15.4 Å². The molecule has 0 radical (unpaired) electrons. The van der Waals surface area contributed by atoms with Crippen molar-refractivity contribution in [1.29, 1.82) is 0 Å². The van der Waals surface area contributed by atoms with E-state index in [9.17, 15) is 12.8 Å². The van der Waals surface area contributed by atoms with Gasteiger partial charge in [0.05, 0.1) is 11.4 Å². The molecule has 1 aliphatic carbocycles. The van der Waals surface area contributed by atoms with Gasteiger partial charge in [0, 0.05) is 18.5 Å². The molecule has 1 saturated carbocycles. The second-order valence-electron chi connectivity index (χ2n) is 7.19. The van der Waals surface area contributed by atoms with Crippen LogP contribution in [0.15, 0.2) is 58.4 Å². The maximum Gasteiger partial charge on any atom is 0.240 e. The predicted molar refractivity (Wildman–Crippen MR) is 128 cm³/mol. The molecule has 6 nitrogen and oxygen atoms in total. The fourth-order valence-corrected chi connectivity index (χ4v) is 3.92. The van der Waals surface area contributed by atoms with E-state index in [1.165, 1.54) is 13.1 Å². The molecule has 3 N–H and O–H groups in total. The Labute approximate surface area is 194 Å². The van der Waals surface area contributed by atoms with E-state index in [1.54, 1.807) is 36.4 Å². The number of guanidine groups is 1. The van der Waals surface area contributed by atoms with Gasteiger partial charge in [0.2, 0.25) is 10.0 Å². The second kappa shape index (κ2) is 10.5. The van der Waals surface area contributed by atoms with Crippen molar-refractivity contribution in [2.24, 2.45) is 4.99 Å². The first-order valence-electron chi connectivity index (χ1n) is 9.69. The molecule has 30 heavy (non-hydrogen) atoms. The van der Waals surface area contributed by atoms with Crippen LogP contribution in [0.2, 0.25) is 0 Å². The molecule has 3 rings (SSSR count). The van der Waals surface area contributed by atoms with Crippen molar-refractivity contribution in [1.82, 2.24) is 15.4 Å². The Hall–Kier alpha value is -1.72. The predicted octanol–water partition coefficient (Wildman–Crippen LogP) is 3.14. The van der Waals surface area contributed by atoms with Gasteiger partial charge >= 0.3 is 0 Å². The standard InChI is InChI=1S/C21H27FN4O2S.HI/c1-3-24-20(25-14-16-7-9-19(10-8-16)29(27,28)23-2)26-15-21(11-12-21)17-5-4-6-18(22)13-17;/h4-10,13,23H,3,11-12,14-15H2,1-2H3,(H2,24,25,26);1H. The van der Waals surface area contributed by atoms with E-state index < -0.39 is 10.0 Å². The topological polar surface area (TPSA) is 82.6 Å². The van der Waals surface area contributed by atoms with E-state index in [0.29, 0.717) is 19.0 Å². The van der Waals surface area contributed by atoms with Crippen molar-refractivity contribution in [2.45, 2.75) is 36.6 Å². The van der Waals surface area contributed by atoms with Crippen LogP contribution in [-0.4, -0.2) is 34.5 Å². The molecule has 0 aromatic heterocycles. The average Bonchev–Trinajstić information content (AvgIpc) is 3.52. The monoisotopic (exact) mass is 546 g/mol. The number of aliphatic imine (C=N–C) groups is 1. The van der Waals surface area contributed by atoms with Crippen LogP contribution in [-0.2, 0) is 22.0 Å². The Morgan fingerprint density at radius 3 is 2.40 bits per heavy atom. The van der Waals surface area contributed by atoms with E-state index in [-0.39, 0.29) is 40.1 Å². The summed E-state index contributed by atoms with van der Waals surface area (Å²) >= 11 is 0. The molecule has 0 heterocycles. The van der Waals surface area contributed by atoms with E-state index in [1.807, 2.05) is 13.0 Å². The van der Waals surface area contributed by atoms with Crippen molar-refractivity contribution >= 4 is 40.0 Å². The summed E-state index contributed by atoms with van der Waals surface area (Å²) in [5, 5.41) is 6.59. The van der Waals surface area contributed by atoms with Gasteiger partial charge in [-0.25, -0.2) is 22.5 Å². The zero-order valence-electron chi connectivity index (χ0n) is 17.1. The largest absolute Gasteiger partial charge is 0.357 e. The molecule has 0 unspecified atom stereocenters. The molecule has 1 aliphatic rings. The zero-order chi connectivity index (χ0) is 20.9. The van der Waals surface area contributed by atoms with E-state index in [2.05, 4.69) is 20.3 Å². The first-order chi connectivity index (χ1) is 13.9. The zero-order valence-corrected chi connectivity index (χ0v) is 20.3. The minimum Gasteiger partial charge on any atom is -0.357 e. The highest BCUT2D eigenvalue weighted by molar-refractivity contribution is 14.0. The summed E-state index contributed by atoms with van der Waals surface area (Å²) in [5.74, 6) is 0.472. The van der Waals surface area contributed by atoms with Gasteiger partial charge < -0.3 is 10.6 Å². The molecule has 1 fully saturated rings. The molecule has 164 valence electrons. The SMILES string of the molecule is CCNC(=NCc1ccc(S(=O)(=O)NC)cc1)NCC1(c2cccc(F)c2)CC1.I. The fourth-order valence-electron chi connectivity index (χ4n) is 3.19. The minimum atomic E-state index is -3.44. The van der Waals surface area contributed by atoms with Crippen LogP contribution >= 0.6 is 24.0 Å². The van der Waals surface area contributed by atoms with Gasteiger partial charge in [0.25, 0.3) is 0 Å². The number of nitrogens with zero attached hydrogens (tertiary/aromatic N) is 1. The van der Waals surface area contributed by atoms with E-state index in [4.69, 9.17) is 0 Å². The summed E-state index contributed by atoms with van der Waals surface area (Å²) in [6, 6.07) is 13.5. The van der Waals surface area contributed by atoms with Crippen LogP contribution in [0, 0.1) is 5.82 Å². The Balaban J connectivity index is 0.00000320. The van der Waals surface area contributed by atoms with Crippen molar-refractivity contribution in [3.8, 4) is 0 Å². The Morgan fingerprint density at radius 1 is 1.13 bits per heavy atom.